The van der Waals surface area contributed by atoms with Gasteiger partial charge < -0.3 is 10.1 Å². The van der Waals surface area contributed by atoms with Crippen molar-refractivity contribution in [1.29, 1.82) is 0 Å². The van der Waals surface area contributed by atoms with Crippen LogP contribution in [0.3, 0.4) is 0 Å². The smallest absolute Gasteiger partial charge is 0.265 e. The molecule has 2 aromatic carbocycles. The van der Waals surface area contributed by atoms with E-state index < -0.39 is 21.8 Å². The molecule has 0 fully saturated rings. The van der Waals surface area contributed by atoms with E-state index in [-0.39, 0.29) is 36.1 Å². The second-order valence-electron chi connectivity index (χ2n) is 6.89. The largest absolute Gasteiger partial charge is 0.482 e. The van der Waals surface area contributed by atoms with Gasteiger partial charge in [-0.25, -0.2) is 12.8 Å². The van der Waals surface area contributed by atoms with Gasteiger partial charge >= 0.3 is 0 Å². The Morgan fingerprint density at radius 3 is 2.48 bits per heavy atom. The van der Waals surface area contributed by atoms with E-state index in [0.717, 1.165) is 0 Å². The number of fused-ring (bicyclic) bond motifs is 1. The van der Waals surface area contributed by atoms with Crippen LogP contribution in [-0.2, 0) is 26.2 Å². The minimum atomic E-state index is -3.75. The number of carbonyl (C=O) groups excluding carboxylic acids is 2. The number of ether oxygens (including phenoxy) is 1. The molecule has 0 atom stereocenters. The monoisotopic (exact) mass is 449 g/mol. The number of amides is 2. The lowest BCUT2D eigenvalue weighted by molar-refractivity contribution is -0.125. The van der Waals surface area contributed by atoms with Gasteiger partial charge in [0.1, 0.15) is 18.1 Å². The van der Waals surface area contributed by atoms with E-state index in [0.29, 0.717) is 24.4 Å². The summed E-state index contributed by atoms with van der Waals surface area (Å²) in [5.74, 6) is -0.949. The molecule has 166 valence electrons. The summed E-state index contributed by atoms with van der Waals surface area (Å²) in [6, 6.07) is 9.95. The number of anilines is 1. The lowest BCUT2D eigenvalue weighted by Crippen LogP contribution is -2.45. The molecule has 1 heterocycles. The molecule has 0 saturated carbocycles. The third-order valence-corrected chi connectivity index (χ3v) is 6.97. The van der Waals surface area contributed by atoms with E-state index >= 15 is 0 Å². The van der Waals surface area contributed by atoms with E-state index in [1.807, 2.05) is 0 Å². The summed E-state index contributed by atoms with van der Waals surface area (Å²) in [7, 11) is -3.75. The highest BCUT2D eigenvalue weighted by Gasteiger charge is 2.30. The van der Waals surface area contributed by atoms with E-state index in [9.17, 15) is 22.4 Å². The van der Waals surface area contributed by atoms with Crippen LogP contribution in [0.2, 0.25) is 0 Å². The minimum absolute atomic E-state index is 0.0185. The predicted octanol–water partition coefficient (Wildman–Crippen LogP) is 1.90. The van der Waals surface area contributed by atoms with Crippen molar-refractivity contribution >= 4 is 27.5 Å². The number of carbonyl (C=O) groups is 2. The van der Waals surface area contributed by atoms with Gasteiger partial charge in [0.05, 0.1) is 10.6 Å². The zero-order valence-corrected chi connectivity index (χ0v) is 18.1. The fraction of sp³-hybridized carbons (Fsp3) is 0.333. The molecule has 2 aromatic rings. The van der Waals surface area contributed by atoms with Crippen molar-refractivity contribution in [2.24, 2.45) is 0 Å². The first-order valence-electron chi connectivity index (χ1n) is 9.84. The molecule has 0 aliphatic carbocycles. The highest BCUT2D eigenvalue weighted by Crippen LogP contribution is 2.34. The lowest BCUT2D eigenvalue weighted by Gasteiger charge is -2.29. The molecule has 10 heteroatoms. The van der Waals surface area contributed by atoms with Crippen LogP contribution in [0, 0.1) is 5.82 Å². The Morgan fingerprint density at radius 1 is 1.16 bits per heavy atom. The quantitative estimate of drug-likeness (QED) is 0.664. The first-order chi connectivity index (χ1) is 14.8. The van der Waals surface area contributed by atoms with Crippen molar-refractivity contribution in [3.05, 3.63) is 53.8 Å². The zero-order chi connectivity index (χ0) is 22.6. The normalized spacial score (nSPS) is 13.7. The Bertz CT molecular complexity index is 1070. The number of hydrogen-bond acceptors (Lipinski definition) is 5. The van der Waals surface area contributed by atoms with Crippen LogP contribution in [0.1, 0.15) is 19.4 Å². The van der Waals surface area contributed by atoms with Gasteiger partial charge in [0, 0.05) is 19.6 Å². The summed E-state index contributed by atoms with van der Waals surface area (Å²) in [5.41, 5.74) is 0.928. The topological polar surface area (TPSA) is 96.0 Å². The molecule has 0 aromatic heterocycles. The van der Waals surface area contributed by atoms with Crippen LogP contribution in [-0.4, -0.2) is 50.8 Å². The van der Waals surface area contributed by atoms with Gasteiger partial charge in [-0.05, 0) is 35.9 Å². The average Bonchev–Trinajstić information content (AvgIpc) is 2.75. The van der Waals surface area contributed by atoms with Gasteiger partial charge in [-0.15, -0.1) is 0 Å². The molecule has 0 radical (unpaired) electrons. The van der Waals surface area contributed by atoms with Gasteiger partial charge in [-0.3, -0.25) is 14.5 Å². The fourth-order valence-electron chi connectivity index (χ4n) is 3.23. The SMILES string of the molecule is CCN(CC)S(=O)(=O)c1ccc2c(c1)N(CC(=O)NCc1ccc(F)cc1)C(=O)CO2. The summed E-state index contributed by atoms with van der Waals surface area (Å²) in [6.07, 6.45) is 0. The van der Waals surface area contributed by atoms with E-state index in [1.165, 1.54) is 39.5 Å². The van der Waals surface area contributed by atoms with Gasteiger partial charge in [0.2, 0.25) is 15.9 Å². The van der Waals surface area contributed by atoms with Crippen molar-refractivity contribution < 1.29 is 27.1 Å². The first kappa shape index (κ1) is 22.7. The molecule has 8 nitrogen and oxygen atoms in total. The van der Waals surface area contributed by atoms with E-state index in [4.69, 9.17) is 4.74 Å². The van der Waals surface area contributed by atoms with E-state index in [2.05, 4.69) is 5.32 Å². The van der Waals surface area contributed by atoms with Crippen molar-refractivity contribution in [3.8, 4) is 5.75 Å². The molecule has 2 amide bonds. The van der Waals surface area contributed by atoms with E-state index in [1.54, 1.807) is 26.0 Å². The standard InChI is InChI=1S/C21H24FN3O5S/c1-3-24(4-2)31(28,29)17-9-10-19-18(11-17)25(21(27)14-30-19)13-20(26)23-12-15-5-7-16(22)8-6-15/h5-11H,3-4,12-14H2,1-2H3,(H,23,26). The molecule has 1 aliphatic rings. The summed E-state index contributed by atoms with van der Waals surface area (Å²) in [5, 5.41) is 2.68. The summed E-state index contributed by atoms with van der Waals surface area (Å²) < 4.78 is 45.4. The fourth-order valence-corrected chi connectivity index (χ4v) is 4.71. The third kappa shape index (κ3) is 5.02. The van der Waals surface area contributed by atoms with Crippen molar-refractivity contribution in [2.45, 2.75) is 25.3 Å². The Balaban J connectivity index is 1.80. The second kappa shape index (κ2) is 9.44. The number of benzene rings is 2. The van der Waals surface area contributed by atoms with Crippen LogP contribution >= 0.6 is 0 Å². The minimum Gasteiger partial charge on any atom is -0.482 e. The third-order valence-electron chi connectivity index (χ3n) is 4.92. The van der Waals surface area contributed by atoms with Gasteiger partial charge in [0.15, 0.2) is 6.61 Å². The van der Waals surface area contributed by atoms with Crippen LogP contribution in [0.25, 0.3) is 0 Å². The Hall–Kier alpha value is -2.98. The number of sulfonamides is 1. The number of rotatable bonds is 8. The second-order valence-corrected chi connectivity index (χ2v) is 8.83. The maximum Gasteiger partial charge on any atom is 0.265 e. The molecule has 1 aliphatic heterocycles. The predicted molar refractivity (Wildman–Crippen MR) is 113 cm³/mol. The molecule has 0 saturated heterocycles. The molecular weight excluding hydrogens is 425 g/mol. The summed E-state index contributed by atoms with van der Waals surface area (Å²) in [6.45, 7) is 3.71. The van der Waals surface area contributed by atoms with Crippen molar-refractivity contribution in [2.75, 3.05) is 31.1 Å². The molecular formula is C21H24FN3O5S. The molecule has 31 heavy (non-hydrogen) atoms. The van der Waals surface area contributed by atoms with Gasteiger partial charge in [-0.2, -0.15) is 4.31 Å². The molecule has 3 rings (SSSR count). The number of nitrogens with one attached hydrogen (secondary N) is 1. The summed E-state index contributed by atoms with van der Waals surface area (Å²) >= 11 is 0. The maximum absolute atomic E-state index is 13.0. The Labute approximate surface area is 180 Å². The van der Waals surface area contributed by atoms with Gasteiger partial charge in [-0.1, -0.05) is 26.0 Å². The molecule has 0 spiro atoms. The summed E-state index contributed by atoms with van der Waals surface area (Å²) in [4.78, 5) is 26.1. The Morgan fingerprint density at radius 2 is 1.84 bits per heavy atom. The maximum atomic E-state index is 13.0. The number of halogens is 1. The molecule has 0 bridgehead atoms. The highest BCUT2D eigenvalue weighted by atomic mass is 32.2. The van der Waals surface area contributed by atoms with Crippen LogP contribution in [0.5, 0.6) is 5.75 Å². The highest BCUT2D eigenvalue weighted by molar-refractivity contribution is 7.89. The number of nitrogens with zero attached hydrogens (tertiary/aromatic N) is 2. The molecule has 1 N–H and O–H groups in total. The number of hydrogen-bond donors (Lipinski definition) is 1. The van der Waals surface area contributed by atoms with Crippen LogP contribution in [0.15, 0.2) is 47.4 Å². The Kier molecular flexibility index (Phi) is 6.91. The van der Waals surface area contributed by atoms with Crippen molar-refractivity contribution in [1.82, 2.24) is 9.62 Å². The van der Waals surface area contributed by atoms with Crippen LogP contribution < -0.4 is 15.0 Å². The zero-order valence-electron chi connectivity index (χ0n) is 17.3. The first-order valence-corrected chi connectivity index (χ1v) is 11.3. The van der Waals surface area contributed by atoms with Crippen molar-refractivity contribution in [3.63, 3.8) is 0 Å². The molecule has 0 unspecified atom stereocenters. The van der Waals surface area contributed by atoms with Crippen LogP contribution in [0.4, 0.5) is 10.1 Å². The van der Waals surface area contributed by atoms with Gasteiger partial charge in [0.25, 0.3) is 5.91 Å². The average molecular weight is 450 g/mol. The lowest BCUT2D eigenvalue weighted by atomic mass is 10.2.